The van der Waals surface area contributed by atoms with Crippen LogP contribution >= 0.6 is 11.6 Å². The van der Waals surface area contributed by atoms with Crippen molar-refractivity contribution < 1.29 is 17.6 Å². The van der Waals surface area contributed by atoms with Crippen LogP contribution < -0.4 is 0 Å². The summed E-state index contributed by atoms with van der Waals surface area (Å²) < 4.78 is 51.8. The first-order valence-corrected chi connectivity index (χ1v) is 6.78. The molecule has 1 atom stereocenters. The molecule has 0 aliphatic rings. The van der Waals surface area contributed by atoms with Gasteiger partial charge in [0.25, 0.3) is 0 Å². The maximum atomic E-state index is 13.8. The molecule has 0 aliphatic heterocycles. The summed E-state index contributed by atoms with van der Waals surface area (Å²) in [6.07, 6.45) is -4.24. The standard InChI is InChI=1S/C16H13ClF4/c1-10-4-2-3-5-11(10)8-14(17)13-9-12(16(19,20)21)6-7-15(13)18/h2-7,9,14H,8H2,1H3. The van der Waals surface area contributed by atoms with E-state index >= 15 is 0 Å². The number of alkyl halides is 4. The van der Waals surface area contributed by atoms with Crippen molar-refractivity contribution in [2.45, 2.75) is 24.9 Å². The molecule has 0 amide bonds. The smallest absolute Gasteiger partial charge is 0.207 e. The number of aryl methyl sites for hydroxylation is 1. The Balaban J connectivity index is 2.31. The van der Waals surface area contributed by atoms with Crippen LogP contribution in [0.4, 0.5) is 17.6 Å². The fourth-order valence-corrected chi connectivity index (χ4v) is 2.44. The summed E-state index contributed by atoms with van der Waals surface area (Å²) in [4.78, 5) is 0. The van der Waals surface area contributed by atoms with Crippen molar-refractivity contribution in [1.82, 2.24) is 0 Å². The van der Waals surface area contributed by atoms with Gasteiger partial charge < -0.3 is 0 Å². The zero-order valence-electron chi connectivity index (χ0n) is 11.2. The van der Waals surface area contributed by atoms with Crippen LogP contribution in [0.15, 0.2) is 42.5 Å². The van der Waals surface area contributed by atoms with Crippen molar-refractivity contribution in [3.05, 3.63) is 70.5 Å². The van der Waals surface area contributed by atoms with Gasteiger partial charge in [-0.15, -0.1) is 11.6 Å². The zero-order valence-corrected chi connectivity index (χ0v) is 12.0. The van der Waals surface area contributed by atoms with Gasteiger partial charge >= 0.3 is 6.18 Å². The Morgan fingerprint density at radius 3 is 2.38 bits per heavy atom. The molecule has 0 spiro atoms. The molecule has 0 aliphatic carbocycles. The average Bonchev–Trinajstić information content (AvgIpc) is 2.40. The third-order valence-electron chi connectivity index (χ3n) is 3.32. The second-order valence-electron chi connectivity index (χ2n) is 4.83. The Kier molecular flexibility index (Phi) is 4.57. The summed E-state index contributed by atoms with van der Waals surface area (Å²) in [6, 6.07) is 9.69. The van der Waals surface area contributed by atoms with E-state index in [4.69, 9.17) is 11.6 Å². The largest absolute Gasteiger partial charge is 0.416 e. The summed E-state index contributed by atoms with van der Waals surface area (Å²) in [7, 11) is 0. The molecule has 1 unspecified atom stereocenters. The van der Waals surface area contributed by atoms with E-state index in [1.54, 1.807) is 0 Å². The maximum absolute atomic E-state index is 13.8. The summed E-state index contributed by atoms with van der Waals surface area (Å²) in [5.74, 6) is -0.725. The molecule has 0 nitrogen and oxygen atoms in total. The highest BCUT2D eigenvalue weighted by Gasteiger charge is 2.31. The first kappa shape index (κ1) is 15.8. The Morgan fingerprint density at radius 1 is 1.10 bits per heavy atom. The molecule has 2 aromatic carbocycles. The molecule has 5 heteroatoms. The molecule has 0 bridgehead atoms. The van der Waals surface area contributed by atoms with Crippen LogP contribution in [-0.4, -0.2) is 0 Å². The molecular weight excluding hydrogens is 304 g/mol. The minimum absolute atomic E-state index is 0.130. The Labute approximate surface area is 125 Å². The van der Waals surface area contributed by atoms with Crippen molar-refractivity contribution >= 4 is 11.6 Å². The summed E-state index contributed by atoms with van der Waals surface area (Å²) >= 11 is 6.13. The normalized spacial score (nSPS) is 13.2. The Bertz CT molecular complexity index is 634. The second-order valence-corrected chi connectivity index (χ2v) is 5.36. The lowest BCUT2D eigenvalue weighted by atomic mass is 9.98. The highest BCUT2D eigenvalue weighted by molar-refractivity contribution is 6.21. The van der Waals surface area contributed by atoms with Crippen LogP contribution in [0.5, 0.6) is 0 Å². The summed E-state index contributed by atoms with van der Waals surface area (Å²) in [5, 5.41) is -0.853. The predicted octanol–water partition coefficient (Wildman–Crippen LogP) is 5.68. The maximum Gasteiger partial charge on any atom is 0.416 e. The van der Waals surface area contributed by atoms with Crippen molar-refractivity contribution in [2.75, 3.05) is 0 Å². The van der Waals surface area contributed by atoms with Gasteiger partial charge in [-0.3, -0.25) is 0 Å². The van der Waals surface area contributed by atoms with E-state index < -0.39 is 22.9 Å². The van der Waals surface area contributed by atoms with Gasteiger partial charge in [-0.05, 0) is 42.7 Å². The average molecular weight is 317 g/mol. The molecule has 0 aromatic heterocycles. The third kappa shape index (κ3) is 3.76. The lowest BCUT2D eigenvalue weighted by Gasteiger charge is -2.15. The van der Waals surface area contributed by atoms with Gasteiger partial charge in [0.2, 0.25) is 0 Å². The highest BCUT2D eigenvalue weighted by atomic mass is 35.5. The van der Waals surface area contributed by atoms with Crippen LogP contribution in [0, 0.1) is 12.7 Å². The number of benzene rings is 2. The van der Waals surface area contributed by atoms with E-state index in [9.17, 15) is 17.6 Å². The fraction of sp³-hybridized carbons (Fsp3) is 0.250. The van der Waals surface area contributed by atoms with Crippen LogP contribution in [0.25, 0.3) is 0 Å². The molecule has 21 heavy (non-hydrogen) atoms. The van der Waals surface area contributed by atoms with E-state index in [-0.39, 0.29) is 12.0 Å². The van der Waals surface area contributed by atoms with Crippen LogP contribution in [0.3, 0.4) is 0 Å². The van der Waals surface area contributed by atoms with Crippen LogP contribution in [0.1, 0.15) is 27.6 Å². The van der Waals surface area contributed by atoms with Gasteiger partial charge in [-0.25, -0.2) is 4.39 Å². The van der Waals surface area contributed by atoms with Gasteiger partial charge in [0.15, 0.2) is 0 Å². The minimum Gasteiger partial charge on any atom is -0.207 e. The van der Waals surface area contributed by atoms with E-state index in [1.165, 1.54) is 0 Å². The van der Waals surface area contributed by atoms with Crippen molar-refractivity contribution in [1.29, 1.82) is 0 Å². The molecule has 2 aromatic rings. The number of rotatable bonds is 3. The number of hydrogen-bond donors (Lipinski definition) is 0. The summed E-state index contributed by atoms with van der Waals surface area (Å²) in [5.41, 5.74) is 0.828. The molecule has 2 rings (SSSR count). The van der Waals surface area contributed by atoms with Gasteiger partial charge in [-0.1, -0.05) is 24.3 Å². The first-order chi connectivity index (χ1) is 9.79. The van der Waals surface area contributed by atoms with Crippen molar-refractivity contribution in [3.8, 4) is 0 Å². The molecule has 112 valence electrons. The van der Waals surface area contributed by atoms with Gasteiger partial charge in [0.1, 0.15) is 5.82 Å². The van der Waals surface area contributed by atoms with Crippen molar-refractivity contribution in [3.63, 3.8) is 0 Å². The summed E-state index contributed by atoms with van der Waals surface area (Å²) in [6.45, 7) is 1.88. The number of hydrogen-bond acceptors (Lipinski definition) is 0. The van der Waals surface area contributed by atoms with Gasteiger partial charge in [-0.2, -0.15) is 13.2 Å². The molecule has 0 saturated heterocycles. The SMILES string of the molecule is Cc1ccccc1CC(Cl)c1cc(C(F)(F)F)ccc1F. The molecule has 0 fully saturated rings. The second kappa shape index (κ2) is 6.06. The van der Waals surface area contributed by atoms with Crippen molar-refractivity contribution in [2.24, 2.45) is 0 Å². The molecule has 0 saturated carbocycles. The number of halogens is 5. The topological polar surface area (TPSA) is 0 Å². The zero-order chi connectivity index (χ0) is 15.6. The molecule has 0 radical (unpaired) electrons. The molecule has 0 heterocycles. The Morgan fingerprint density at radius 2 is 1.76 bits per heavy atom. The fourth-order valence-electron chi connectivity index (χ4n) is 2.10. The lowest BCUT2D eigenvalue weighted by Crippen LogP contribution is -2.08. The first-order valence-electron chi connectivity index (χ1n) is 6.34. The van der Waals surface area contributed by atoms with E-state index in [1.807, 2.05) is 31.2 Å². The van der Waals surface area contributed by atoms with E-state index in [0.29, 0.717) is 0 Å². The quantitative estimate of drug-likeness (QED) is 0.505. The van der Waals surface area contributed by atoms with Crippen LogP contribution in [-0.2, 0) is 12.6 Å². The lowest BCUT2D eigenvalue weighted by molar-refractivity contribution is -0.137. The van der Waals surface area contributed by atoms with E-state index in [0.717, 1.165) is 29.3 Å². The Hall–Kier alpha value is -1.55. The minimum atomic E-state index is -4.51. The van der Waals surface area contributed by atoms with Gasteiger partial charge in [0.05, 0.1) is 10.9 Å². The third-order valence-corrected chi connectivity index (χ3v) is 3.71. The van der Waals surface area contributed by atoms with E-state index in [2.05, 4.69) is 0 Å². The monoisotopic (exact) mass is 316 g/mol. The molecule has 0 N–H and O–H groups in total. The highest BCUT2D eigenvalue weighted by Crippen LogP contribution is 2.34. The van der Waals surface area contributed by atoms with Gasteiger partial charge in [0, 0.05) is 5.56 Å². The molecular formula is C16H13ClF4. The predicted molar refractivity (Wildman–Crippen MR) is 74.9 cm³/mol. The van der Waals surface area contributed by atoms with Crippen LogP contribution in [0.2, 0.25) is 0 Å².